The lowest BCUT2D eigenvalue weighted by molar-refractivity contribution is -0.0113. The average Bonchev–Trinajstić information content (AvgIpc) is 1.86. The van der Waals surface area contributed by atoms with Gasteiger partial charge in [0, 0.05) is 0 Å². The quantitative estimate of drug-likeness (QED) is 0.635. The van der Waals surface area contributed by atoms with Crippen LogP contribution in [0.5, 0.6) is 0 Å². The molecule has 0 aromatic heterocycles. The fraction of sp³-hybridized carbons (Fsp3) is 0. The van der Waals surface area contributed by atoms with E-state index in [-0.39, 0.29) is 0 Å². The highest BCUT2D eigenvalue weighted by Crippen LogP contribution is 1.86. The largest absolute Gasteiger partial charge is 0.428 e. The molecule has 0 fully saturated rings. The van der Waals surface area contributed by atoms with E-state index in [0.717, 1.165) is 0 Å². The van der Waals surface area contributed by atoms with Crippen LogP contribution in [0.2, 0.25) is 0 Å². The van der Waals surface area contributed by atoms with Crippen LogP contribution in [0.3, 0.4) is 0 Å². The zero-order chi connectivity index (χ0) is 10.4. The van der Waals surface area contributed by atoms with E-state index in [1.807, 2.05) is 4.39 Å². The van der Waals surface area contributed by atoms with E-state index in [1.165, 1.54) is 0 Å². The summed E-state index contributed by atoms with van der Waals surface area (Å²) in [4.78, 5) is 0. The van der Waals surface area contributed by atoms with Gasteiger partial charge >= 0.3 is 20.8 Å². The zero-order valence-electron chi connectivity index (χ0n) is 4.92. The highest BCUT2D eigenvalue weighted by Gasteiger charge is 1.99. The normalized spacial score (nSPS) is 11.7. The number of rotatable bonds is 2. The van der Waals surface area contributed by atoms with Crippen molar-refractivity contribution >= 4 is 32.7 Å². The number of hydrogen-bond donors (Lipinski definition) is 2. The first-order valence-corrected chi connectivity index (χ1v) is 4.71. The molecule has 0 aromatic carbocycles. The minimum absolute atomic E-state index is 1.97. The third-order valence-corrected chi connectivity index (χ3v) is 0.955. The summed E-state index contributed by atoms with van der Waals surface area (Å²) in [6.07, 6.45) is 0. The van der Waals surface area contributed by atoms with E-state index in [2.05, 4.69) is 15.6 Å². The van der Waals surface area contributed by atoms with E-state index in [4.69, 9.17) is 17.5 Å². The maximum absolute atomic E-state index is 10.2. The van der Waals surface area contributed by atoms with Gasteiger partial charge in [0.25, 0.3) is 0 Å². The zero-order valence-corrected chi connectivity index (χ0v) is 7.31. The van der Waals surface area contributed by atoms with Gasteiger partial charge in [-0.25, -0.2) is 0 Å². The lowest BCUT2D eigenvalue weighted by Crippen LogP contribution is -1.93. The first-order chi connectivity index (χ1) is 5.12. The van der Waals surface area contributed by atoms with E-state index >= 15 is 0 Å². The van der Waals surface area contributed by atoms with Gasteiger partial charge in [-0.3, -0.25) is 9.11 Å². The molecule has 0 aromatic rings. The van der Waals surface area contributed by atoms with Crippen LogP contribution in [0.4, 0.5) is 4.53 Å². The first kappa shape index (κ1) is 14.5. The van der Waals surface area contributed by atoms with Crippen molar-refractivity contribution in [1.29, 1.82) is 0 Å². The summed E-state index contributed by atoms with van der Waals surface area (Å²) in [7, 11) is -9.23. The smallest absolute Gasteiger partial charge is 0.263 e. The summed E-state index contributed by atoms with van der Waals surface area (Å²) in [6.45, 7) is 0. The Kier molecular flexibility index (Phi) is 6.73. The van der Waals surface area contributed by atoms with Crippen LogP contribution in [-0.4, -0.2) is 25.9 Å². The molecule has 0 amide bonds. The molecule has 12 heteroatoms. The van der Waals surface area contributed by atoms with Gasteiger partial charge in [-0.2, -0.15) is 16.8 Å². The van der Waals surface area contributed by atoms with Gasteiger partial charge in [-0.15, -0.1) is 3.74 Å². The van der Waals surface area contributed by atoms with Gasteiger partial charge in [0.1, 0.15) is 0 Å². The molecule has 0 rings (SSSR count). The Bertz CT molecular complexity index is 253. The standard InChI is InChI=1S/ClHO4S.FHO4S/c2*1-5-6(2,3)4/h2*(H,2,3,4). The van der Waals surface area contributed by atoms with Gasteiger partial charge in [-0.1, -0.05) is 0 Å². The van der Waals surface area contributed by atoms with E-state index in [0.29, 0.717) is 0 Å². The summed E-state index contributed by atoms with van der Waals surface area (Å²) >= 11 is 4.14. The minimum atomic E-state index is -4.83. The molecular formula is H2ClFO8S2. The van der Waals surface area contributed by atoms with Crippen molar-refractivity contribution in [2.45, 2.75) is 0 Å². The Morgan fingerprint density at radius 3 is 1.25 bits per heavy atom. The van der Waals surface area contributed by atoms with Crippen LogP contribution in [0.25, 0.3) is 0 Å². The van der Waals surface area contributed by atoms with Crippen LogP contribution < -0.4 is 0 Å². The molecule has 76 valence electrons. The van der Waals surface area contributed by atoms with Crippen LogP contribution in [0.15, 0.2) is 0 Å². The Morgan fingerprint density at radius 1 is 1.08 bits per heavy atom. The topological polar surface area (TPSA) is 127 Å². The second-order valence-electron chi connectivity index (χ2n) is 0.981. The number of halogens is 2. The predicted octanol–water partition coefficient (Wildman–Crippen LogP) is -0.350. The molecule has 8 nitrogen and oxygen atoms in total. The van der Waals surface area contributed by atoms with Gasteiger partial charge in [0.05, 0.1) is 11.9 Å². The Balaban J connectivity index is 0. The van der Waals surface area contributed by atoms with Crippen molar-refractivity contribution in [3.8, 4) is 0 Å². The lowest BCUT2D eigenvalue weighted by atomic mass is 15.6. The molecule has 0 unspecified atom stereocenters. The molecule has 2 N–H and O–H groups in total. The molecule has 0 aliphatic heterocycles. The number of hydrogen-bond acceptors (Lipinski definition) is 6. The van der Waals surface area contributed by atoms with Crippen molar-refractivity contribution in [1.82, 2.24) is 0 Å². The van der Waals surface area contributed by atoms with Crippen molar-refractivity contribution in [3.05, 3.63) is 0 Å². The maximum atomic E-state index is 10.2. The van der Waals surface area contributed by atoms with Crippen molar-refractivity contribution in [2.24, 2.45) is 0 Å². The van der Waals surface area contributed by atoms with Gasteiger partial charge in [0.2, 0.25) is 0 Å². The van der Waals surface area contributed by atoms with Crippen molar-refractivity contribution < 1.29 is 38.6 Å². The molecule has 0 spiro atoms. The molecule has 0 bridgehead atoms. The van der Waals surface area contributed by atoms with Crippen molar-refractivity contribution in [3.63, 3.8) is 0 Å². The summed E-state index contributed by atoms with van der Waals surface area (Å²) in [6, 6.07) is 0. The summed E-state index contributed by atoms with van der Waals surface area (Å²) in [5.74, 6) is 0. The predicted molar refractivity (Wildman–Crippen MR) is 32.2 cm³/mol. The maximum Gasteiger partial charge on any atom is 0.428 e. The van der Waals surface area contributed by atoms with Crippen molar-refractivity contribution in [2.75, 3.05) is 0 Å². The second-order valence-corrected chi connectivity index (χ2v) is 3.32. The Morgan fingerprint density at radius 2 is 1.25 bits per heavy atom. The molecule has 0 saturated carbocycles. The highest BCUT2D eigenvalue weighted by molar-refractivity contribution is 7.81. The highest BCUT2D eigenvalue weighted by atomic mass is 35.5. The monoisotopic (exact) mass is 248 g/mol. The molecule has 0 heterocycles. The van der Waals surface area contributed by atoms with Crippen LogP contribution in [-0.2, 0) is 28.9 Å². The summed E-state index contributed by atoms with van der Waals surface area (Å²) in [5, 5.41) is 0. The Hall–Kier alpha value is -0.0400. The average molecular weight is 249 g/mol. The van der Waals surface area contributed by atoms with Gasteiger partial charge in [-0.05, 0) is 8.91 Å². The van der Waals surface area contributed by atoms with E-state index < -0.39 is 20.8 Å². The first-order valence-electron chi connectivity index (χ1n) is 1.67. The van der Waals surface area contributed by atoms with E-state index in [1.54, 1.807) is 0 Å². The SMILES string of the molecule is O=S(=O)(O)OCl.O=S(=O)(O)OF. The fourth-order valence-electron chi connectivity index (χ4n) is 0. The third-order valence-electron chi connectivity index (χ3n) is 0.159. The molecular weight excluding hydrogens is 247 g/mol. The molecule has 0 aliphatic rings. The molecule has 0 atom stereocenters. The fourth-order valence-corrected chi connectivity index (χ4v) is 0. The van der Waals surface area contributed by atoms with E-state index in [9.17, 15) is 12.9 Å². The summed E-state index contributed by atoms with van der Waals surface area (Å²) in [5.41, 5.74) is 0. The molecule has 0 aliphatic carbocycles. The molecule has 0 radical (unpaired) electrons. The van der Waals surface area contributed by atoms with Gasteiger partial charge in [0.15, 0.2) is 0 Å². The third kappa shape index (κ3) is 22.5. The minimum Gasteiger partial charge on any atom is -0.263 e. The Labute approximate surface area is 71.8 Å². The summed E-state index contributed by atoms with van der Waals surface area (Å²) < 4.78 is 66.0. The molecule has 0 saturated heterocycles. The van der Waals surface area contributed by atoms with Crippen LogP contribution >= 0.6 is 11.9 Å². The van der Waals surface area contributed by atoms with Crippen LogP contribution in [0, 0.1) is 0 Å². The molecule has 12 heavy (non-hydrogen) atoms. The lowest BCUT2D eigenvalue weighted by Gasteiger charge is -1.77. The van der Waals surface area contributed by atoms with Gasteiger partial charge < -0.3 is 0 Å². The second kappa shape index (κ2) is 5.58. The van der Waals surface area contributed by atoms with Crippen LogP contribution in [0.1, 0.15) is 0 Å².